The number of carboxylic acid groups (broad SMARTS) is 1. The van der Waals surface area contributed by atoms with Crippen LogP contribution >= 0.6 is 0 Å². The van der Waals surface area contributed by atoms with E-state index < -0.39 is 35.2 Å². The molecule has 126 valence electrons. The minimum Gasteiger partial charge on any atom is -0.480 e. The van der Waals surface area contributed by atoms with Crippen molar-refractivity contribution < 1.29 is 14.7 Å². The van der Waals surface area contributed by atoms with Crippen LogP contribution < -0.4 is 11.2 Å². The number of carbonyl (C=O) groups is 2. The van der Waals surface area contributed by atoms with Crippen LogP contribution in [-0.4, -0.2) is 44.0 Å². The maximum Gasteiger partial charge on any atom is 0.329 e. The molecule has 1 aromatic carbocycles. The van der Waals surface area contributed by atoms with Gasteiger partial charge in [0.1, 0.15) is 12.1 Å². The number of aromatic amines is 1. The quantitative estimate of drug-likeness (QED) is 0.841. The van der Waals surface area contributed by atoms with Gasteiger partial charge >= 0.3 is 11.7 Å². The Morgan fingerprint density at radius 2 is 2.00 bits per heavy atom. The van der Waals surface area contributed by atoms with E-state index in [9.17, 15) is 24.3 Å². The van der Waals surface area contributed by atoms with Gasteiger partial charge in [-0.25, -0.2) is 14.2 Å². The van der Waals surface area contributed by atoms with Gasteiger partial charge in [-0.05, 0) is 31.9 Å². The highest BCUT2D eigenvalue weighted by atomic mass is 16.4. The largest absolute Gasteiger partial charge is 0.480 e. The van der Waals surface area contributed by atoms with E-state index in [1.54, 1.807) is 24.3 Å². The number of nitrogens with zero attached hydrogens (tertiary/aromatic N) is 2. The summed E-state index contributed by atoms with van der Waals surface area (Å²) < 4.78 is 0.849. The molecule has 2 N–H and O–H groups in total. The number of aromatic nitrogens is 2. The summed E-state index contributed by atoms with van der Waals surface area (Å²) in [7, 11) is 0. The van der Waals surface area contributed by atoms with E-state index in [2.05, 4.69) is 4.98 Å². The molecular weight excluding hydrogens is 314 g/mol. The van der Waals surface area contributed by atoms with E-state index >= 15 is 0 Å². The molecule has 2 atom stereocenters. The topological polar surface area (TPSA) is 112 Å². The number of fused-ring (bicyclic) bond motifs is 1. The molecule has 3 rings (SSSR count). The van der Waals surface area contributed by atoms with Crippen LogP contribution in [0.3, 0.4) is 0 Å². The molecule has 1 saturated heterocycles. The number of carboxylic acids is 1. The molecule has 1 fully saturated rings. The monoisotopic (exact) mass is 331 g/mol. The van der Waals surface area contributed by atoms with E-state index in [0.717, 1.165) is 4.57 Å². The molecule has 0 spiro atoms. The Morgan fingerprint density at radius 1 is 1.29 bits per heavy atom. The number of hydrogen-bond donors (Lipinski definition) is 2. The highest BCUT2D eigenvalue weighted by molar-refractivity contribution is 5.86. The van der Waals surface area contributed by atoms with Crippen molar-refractivity contribution in [2.45, 2.75) is 31.8 Å². The van der Waals surface area contributed by atoms with Crippen LogP contribution in [0.15, 0.2) is 33.9 Å². The molecule has 1 aliphatic rings. The molecular formula is C16H17N3O5. The Labute approximate surface area is 136 Å². The summed E-state index contributed by atoms with van der Waals surface area (Å²) in [5.41, 5.74) is -0.861. The van der Waals surface area contributed by atoms with Gasteiger partial charge in [-0.15, -0.1) is 0 Å². The molecule has 1 amide bonds. The van der Waals surface area contributed by atoms with Crippen LogP contribution in [-0.2, 0) is 9.59 Å². The van der Waals surface area contributed by atoms with Crippen LogP contribution in [0.25, 0.3) is 10.9 Å². The summed E-state index contributed by atoms with van der Waals surface area (Å²) in [4.78, 5) is 52.5. The zero-order chi connectivity index (χ0) is 17.4. The summed E-state index contributed by atoms with van der Waals surface area (Å²) in [5, 5.41) is 9.50. The summed E-state index contributed by atoms with van der Waals surface area (Å²) in [6.07, 6.45) is 0.954. The van der Waals surface area contributed by atoms with Gasteiger partial charge in [0.05, 0.1) is 10.9 Å². The third-order valence-corrected chi connectivity index (χ3v) is 4.40. The van der Waals surface area contributed by atoms with Crippen molar-refractivity contribution in [2.75, 3.05) is 6.54 Å². The molecule has 0 aliphatic carbocycles. The maximum absolute atomic E-state index is 12.7. The van der Waals surface area contributed by atoms with Gasteiger partial charge in [-0.2, -0.15) is 0 Å². The maximum atomic E-state index is 12.7. The molecule has 2 aromatic rings. The van der Waals surface area contributed by atoms with Crippen molar-refractivity contribution in [3.8, 4) is 0 Å². The molecule has 24 heavy (non-hydrogen) atoms. The number of benzene rings is 1. The highest BCUT2D eigenvalue weighted by Crippen LogP contribution is 2.21. The second kappa shape index (κ2) is 5.95. The summed E-state index contributed by atoms with van der Waals surface area (Å²) in [5.74, 6) is -1.62. The molecule has 8 nitrogen and oxygen atoms in total. The Morgan fingerprint density at radius 3 is 2.71 bits per heavy atom. The zero-order valence-electron chi connectivity index (χ0n) is 13.1. The average Bonchev–Trinajstić information content (AvgIpc) is 3.03. The Hall–Kier alpha value is -2.90. The minimum absolute atomic E-state index is 0.299. The van der Waals surface area contributed by atoms with Gasteiger partial charge in [0, 0.05) is 6.54 Å². The highest BCUT2D eigenvalue weighted by Gasteiger charge is 2.37. The number of H-pyrrole nitrogens is 1. The first-order chi connectivity index (χ1) is 11.4. The van der Waals surface area contributed by atoms with E-state index in [0.29, 0.717) is 30.3 Å². The summed E-state index contributed by atoms with van der Waals surface area (Å²) in [6, 6.07) is 4.55. The molecule has 0 saturated carbocycles. The fraction of sp³-hybridized carbons (Fsp3) is 0.375. The number of carbonyl (C=O) groups excluding carboxylic acids is 1. The molecule has 1 aliphatic heterocycles. The Balaban J connectivity index is 2.04. The molecule has 0 unspecified atom stereocenters. The second-order valence-electron chi connectivity index (χ2n) is 5.85. The molecule has 2 heterocycles. The molecule has 8 heteroatoms. The first-order valence-corrected chi connectivity index (χ1v) is 7.68. The molecule has 0 radical (unpaired) electrons. The zero-order valence-corrected chi connectivity index (χ0v) is 13.1. The van der Waals surface area contributed by atoms with Crippen LogP contribution in [0, 0.1) is 0 Å². The number of aliphatic carboxylic acids is 1. The van der Waals surface area contributed by atoms with E-state index in [4.69, 9.17) is 0 Å². The third kappa shape index (κ3) is 2.49. The van der Waals surface area contributed by atoms with Gasteiger partial charge in [-0.1, -0.05) is 12.1 Å². The van der Waals surface area contributed by atoms with Crippen molar-refractivity contribution in [1.29, 1.82) is 0 Å². The van der Waals surface area contributed by atoms with E-state index in [-0.39, 0.29) is 0 Å². The van der Waals surface area contributed by atoms with Crippen LogP contribution in [0.1, 0.15) is 25.8 Å². The van der Waals surface area contributed by atoms with Crippen molar-refractivity contribution in [3.63, 3.8) is 0 Å². The lowest BCUT2D eigenvalue weighted by Gasteiger charge is -2.25. The minimum atomic E-state index is -1.08. The SMILES string of the molecule is C[C@@H](C(=O)N1CCC[C@H]1C(=O)O)n1c(=O)[nH]c2ccccc2c1=O. The number of likely N-dealkylation sites (tertiary alicyclic amines) is 1. The molecule has 1 aromatic heterocycles. The Bertz CT molecular complexity index is 929. The first-order valence-electron chi connectivity index (χ1n) is 7.68. The third-order valence-electron chi connectivity index (χ3n) is 4.40. The van der Waals surface area contributed by atoms with Gasteiger partial charge in [-0.3, -0.25) is 9.59 Å². The standard InChI is InChI=1S/C16H17N3O5/c1-9(13(20)18-8-4-7-12(18)15(22)23)19-14(21)10-5-2-3-6-11(10)17-16(19)24/h2-3,5-6,9,12H,4,7-8H2,1H3,(H,17,24)(H,22,23)/t9-,12-/m0/s1. The lowest BCUT2D eigenvalue weighted by atomic mass is 10.2. The number of amides is 1. The van der Waals surface area contributed by atoms with Gasteiger partial charge in [0.15, 0.2) is 0 Å². The number of para-hydroxylation sites is 1. The molecule has 0 bridgehead atoms. The number of rotatable bonds is 3. The number of nitrogens with one attached hydrogen (secondary N) is 1. The summed E-state index contributed by atoms with van der Waals surface area (Å²) in [6.45, 7) is 1.74. The van der Waals surface area contributed by atoms with Crippen LogP contribution in [0.5, 0.6) is 0 Å². The van der Waals surface area contributed by atoms with Gasteiger partial charge < -0.3 is 15.0 Å². The van der Waals surface area contributed by atoms with Gasteiger partial charge in [0.25, 0.3) is 5.56 Å². The lowest BCUT2D eigenvalue weighted by molar-refractivity contribution is -0.149. The van der Waals surface area contributed by atoms with E-state index in [1.807, 2.05) is 0 Å². The second-order valence-corrected chi connectivity index (χ2v) is 5.85. The smallest absolute Gasteiger partial charge is 0.329 e. The Kier molecular flexibility index (Phi) is 3.96. The predicted octanol–water partition coefficient (Wildman–Crippen LogP) is 0.326. The fourth-order valence-corrected chi connectivity index (χ4v) is 3.17. The lowest BCUT2D eigenvalue weighted by Crippen LogP contribution is -2.48. The predicted molar refractivity (Wildman–Crippen MR) is 85.9 cm³/mol. The van der Waals surface area contributed by atoms with E-state index in [1.165, 1.54) is 11.8 Å². The van der Waals surface area contributed by atoms with Crippen molar-refractivity contribution in [1.82, 2.24) is 14.5 Å². The van der Waals surface area contributed by atoms with Crippen LogP contribution in [0.2, 0.25) is 0 Å². The normalized spacial score (nSPS) is 18.7. The van der Waals surface area contributed by atoms with Crippen molar-refractivity contribution >= 4 is 22.8 Å². The summed E-state index contributed by atoms with van der Waals surface area (Å²) >= 11 is 0. The van der Waals surface area contributed by atoms with Gasteiger partial charge in [0.2, 0.25) is 5.91 Å². The number of hydrogen-bond acceptors (Lipinski definition) is 4. The average molecular weight is 331 g/mol. The first kappa shape index (κ1) is 16.0. The van der Waals surface area contributed by atoms with Crippen molar-refractivity contribution in [2.24, 2.45) is 0 Å². The van der Waals surface area contributed by atoms with Crippen molar-refractivity contribution in [3.05, 3.63) is 45.1 Å². The van der Waals surface area contributed by atoms with Crippen LogP contribution in [0.4, 0.5) is 0 Å². The fourth-order valence-electron chi connectivity index (χ4n) is 3.17.